The summed E-state index contributed by atoms with van der Waals surface area (Å²) in [5.74, 6) is -0.925. The van der Waals surface area contributed by atoms with Crippen molar-refractivity contribution in [1.82, 2.24) is 4.98 Å². The van der Waals surface area contributed by atoms with Crippen molar-refractivity contribution in [2.75, 3.05) is 5.32 Å². The van der Waals surface area contributed by atoms with Gasteiger partial charge in [0.1, 0.15) is 16.6 Å². The molecule has 0 aliphatic rings. The van der Waals surface area contributed by atoms with E-state index >= 15 is 0 Å². The number of pyridine rings is 1. The first kappa shape index (κ1) is 15.0. The molecular formula is C12H7Cl2N3O4. The van der Waals surface area contributed by atoms with Gasteiger partial charge in [-0.2, -0.15) is 0 Å². The van der Waals surface area contributed by atoms with Gasteiger partial charge in [-0.25, -0.2) is 4.98 Å². The lowest BCUT2D eigenvalue weighted by atomic mass is 10.2. The normalized spacial score (nSPS) is 10.2. The molecule has 0 unspecified atom stereocenters. The Morgan fingerprint density at radius 2 is 2.05 bits per heavy atom. The number of carbonyl (C=O) groups is 1. The van der Waals surface area contributed by atoms with Crippen molar-refractivity contribution in [3.63, 3.8) is 0 Å². The number of nitro benzene ring substituents is 1. The van der Waals surface area contributed by atoms with Gasteiger partial charge in [-0.05, 0) is 18.2 Å². The third-order valence-electron chi connectivity index (χ3n) is 2.48. The van der Waals surface area contributed by atoms with Crippen LogP contribution < -0.4 is 5.32 Å². The first-order chi connectivity index (χ1) is 9.88. The summed E-state index contributed by atoms with van der Waals surface area (Å²) in [4.78, 5) is 25.9. The number of nitro groups is 1. The standard InChI is InChI=1S/C12H7Cl2N3O4/c13-8-3-6(5-15-11(8)14)12(19)16-9-2-1-7(18)4-10(9)17(20)21/h1-5,18H,(H,16,19). The second-order valence-electron chi connectivity index (χ2n) is 3.91. The molecule has 2 rings (SSSR count). The number of benzene rings is 1. The minimum absolute atomic E-state index is 0.0452. The molecule has 2 aromatic rings. The number of carbonyl (C=O) groups excluding carboxylic acids is 1. The molecule has 0 radical (unpaired) electrons. The van der Waals surface area contributed by atoms with Crippen molar-refractivity contribution in [3.8, 4) is 5.75 Å². The van der Waals surface area contributed by atoms with E-state index in [-0.39, 0.29) is 27.2 Å². The van der Waals surface area contributed by atoms with Crippen LogP contribution >= 0.6 is 23.2 Å². The van der Waals surface area contributed by atoms with Crippen LogP contribution in [0.25, 0.3) is 0 Å². The van der Waals surface area contributed by atoms with Gasteiger partial charge in [-0.1, -0.05) is 23.2 Å². The Morgan fingerprint density at radius 1 is 1.33 bits per heavy atom. The van der Waals surface area contributed by atoms with Crippen LogP contribution in [0, 0.1) is 10.1 Å². The first-order valence-electron chi connectivity index (χ1n) is 5.48. The molecule has 1 amide bonds. The van der Waals surface area contributed by atoms with E-state index in [0.29, 0.717) is 0 Å². The maximum absolute atomic E-state index is 12.0. The van der Waals surface area contributed by atoms with Gasteiger partial charge in [0.2, 0.25) is 0 Å². The predicted octanol–water partition coefficient (Wildman–Crippen LogP) is 3.25. The van der Waals surface area contributed by atoms with Gasteiger partial charge in [0, 0.05) is 6.20 Å². The molecule has 2 N–H and O–H groups in total. The lowest BCUT2D eigenvalue weighted by molar-refractivity contribution is -0.384. The Labute approximate surface area is 128 Å². The number of amides is 1. The van der Waals surface area contributed by atoms with Crippen LogP contribution in [-0.2, 0) is 0 Å². The first-order valence-corrected chi connectivity index (χ1v) is 6.24. The molecule has 0 fully saturated rings. The number of nitrogens with one attached hydrogen (secondary N) is 1. The minimum Gasteiger partial charge on any atom is -0.508 e. The van der Waals surface area contributed by atoms with Crippen molar-refractivity contribution in [2.45, 2.75) is 0 Å². The molecule has 1 aromatic carbocycles. The fourth-order valence-electron chi connectivity index (χ4n) is 1.52. The summed E-state index contributed by atoms with van der Waals surface area (Å²) in [5.41, 5.74) is -0.406. The quantitative estimate of drug-likeness (QED) is 0.389. The highest BCUT2D eigenvalue weighted by Gasteiger charge is 2.18. The molecule has 1 heterocycles. The number of phenols is 1. The van der Waals surface area contributed by atoms with Crippen LogP contribution in [0.3, 0.4) is 0 Å². The molecule has 9 heteroatoms. The third kappa shape index (κ3) is 3.39. The molecule has 0 aliphatic carbocycles. The molecule has 0 bridgehead atoms. The second kappa shape index (κ2) is 5.94. The zero-order valence-electron chi connectivity index (χ0n) is 10.2. The number of rotatable bonds is 3. The number of aromatic nitrogens is 1. The van der Waals surface area contributed by atoms with E-state index in [9.17, 15) is 20.0 Å². The Morgan fingerprint density at radius 3 is 2.67 bits per heavy atom. The van der Waals surface area contributed by atoms with Crippen molar-refractivity contribution < 1.29 is 14.8 Å². The minimum atomic E-state index is -0.720. The largest absolute Gasteiger partial charge is 0.508 e. The van der Waals surface area contributed by atoms with Gasteiger partial charge in [-0.15, -0.1) is 0 Å². The van der Waals surface area contributed by atoms with Crippen LogP contribution in [0.1, 0.15) is 10.4 Å². The molecule has 21 heavy (non-hydrogen) atoms. The van der Waals surface area contributed by atoms with Gasteiger partial charge in [-0.3, -0.25) is 14.9 Å². The van der Waals surface area contributed by atoms with Crippen molar-refractivity contribution in [2.24, 2.45) is 0 Å². The number of phenolic OH excluding ortho intramolecular Hbond substituents is 1. The van der Waals surface area contributed by atoms with E-state index in [2.05, 4.69) is 10.3 Å². The zero-order valence-corrected chi connectivity index (χ0v) is 11.7. The zero-order chi connectivity index (χ0) is 15.6. The average Bonchev–Trinajstić information content (AvgIpc) is 2.43. The SMILES string of the molecule is O=C(Nc1ccc(O)cc1[N+](=O)[O-])c1cnc(Cl)c(Cl)c1. The molecule has 108 valence electrons. The summed E-state index contributed by atoms with van der Waals surface area (Å²) in [6.07, 6.45) is 1.19. The van der Waals surface area contributed by atoms with Crippen LogP contribution in [-0.4, -0.2) is 20.9 Å². The van der Waals surface area contributed by atoms with Crippen LogP contribution in [0.15, 0.2) is 30.5 Å². The molecule has 0 spiro atoms. The van der Waals surface area contributed by atoms with Gasteiger partial charge in [0.15, 0.2) is 0 Å². The predicted molar refractivity (Wildman–Crippen MR) is 77.0 cm³/mol. The van der Waals surface area contributed by atoms with E-state index in [0.717, 1.165) is 6.07 Å². The van der Waals surface area contributed by atoms with Crippen LogP contribution in [0.2, 0.25) is 10.2 Å². The van der Waals surface area contributed by atoms with Crippen LogP contribution in [0.4, 0.5) is 11.4 Å². The summed E-state index contributed by atoms with van der Waals surface area (Å²) in [6.45, 7) is 0. The van der Waals surface area contributed by atoms with E-state index in [1.165, 1.54) is 24.4 Å². The summed E-state index contributed by atoms with van der Waals surface area (Å²) < 4.78 is 0. The van der Waals surface area contributed by atoms with E-state index in [4.69, 9.17) is 23.2 Å². The summed E-state index contributed by atoms with van der Waals surface area (Å²) in [7, 11) is 0. The highest BCUT2D eigenvalue weighted by Crippen LogP contribution is 2.29. The summed E-state index contributed by atoms with van der Waals surface area (Å²) >= 11 is 11.4. The lowest BCUT2D eigenvalue weighted by Gasteiger charge is -2.06. The highest BCUT2D eigenvalue weighted by molar-refractivity contribution is 6.41. The Kier molecular flexibility index (Phi) is 4.25. The van der Waals surface area contributed by atoms with Crippen LogP contribution in [0.5, 0.6) is 5.75 Å². The van der Waals surface area contributed by atoms with Gasteiger partial charge in [0.05, 0.1) is 21.6 Å². The third-order valence-corrected chi connectivity index (χ3v) is 3.17. The highest BCUT2D eigenvalue weighted by atomic mass is 35.5. The second-order valence-corrected chi connectivity index (χ2v) is 4.67. The maximum Gasteiger partial charge on any atom is 0.296 e. The molecule has 0 atom stereocenters. The monoisotopic (exact) mass is 327 g/mol. The fraction of sp³-hybridized carbons (Fsp3) is 0. The molecule has 0 saturated heterocycles. The number of hydrogen-bond acceptors (Lipinski definition) is 5. The number of nitrogens with zero attached hydrogens (tertiary/aromatic N) is 2. The van der Waals surface area contributed by atoms with E-state index < -0.39 is 16.5 Å². The smallest absolute Gasteiger partial charge is 0.296 e. The van der Waals surface area contributed by atoms with E-state index in [1.54, 1.807) is 0 Å². The molecule has 7 nitrogen and oxygen atoms in total. The number of hydrogen-bond donors (Lipinski definition) is 2. The molecule has 1 aromatic heterocycles. The van der Waals surface area contributed by atoms with Gasteiger partial charge in [0.25, 0.3) is 11.6 Å². The molecule has 0 saturated carbocycles. The van der Waals surface area contributed by atoms with Crippen molar-refractivity contribution in [3.05, 3.63) is 56.3 Å². The summed E-state index contributed by atoms with van der Waals surface area (Å²) in [6, 6.07) is 4.66. The number of anilines is 1. The van der Waals surface area contributed by atoms with E-state index in [1.807, 2.05) is 0 Å². The molecule has 0 aliphatic heterocycles. The van der Waals surface area contributed by atoms with Crippen molar-refractivity contribution in [1.29, 1.82) is 0 Å². The van der Waals surface area contributed by atoms with Gasteiger partial charge < -0.3 is 10.4 Å². The average molecular weight is 328 g/mol. The topological polar surface area (TPSA) is 105 Å². The lowest BCUT2D eigenvalue weighted by Crippen LogP contribution is -2.13. The maximum atomic E-state index is 12.0. The fourth-order valence-corrected chi connectivity index (χ4v) is 1.79. The Hall–Kier alpha value is -2.38. The Bertz CT molecular complexity index is 736. The Balaban J connectivity index is 2.31. The molecular weight excluding hydrogens is 321 g/mol. The number of halogens is 2. The number of aromatic hydroxyl groups is 1. The van der Waals surface area contributed by atoms with Crippen molar-refractivity contribution >= 4 is 40.5 Å². The summed E-state index contributed by atoms with van der Waals surface area (Å²) in [5, 5.41) is 22.6. The van der Waals surface area contributed by atoms with Gasteiger partial charge >= 0.3 is 0 Å².